The van der Waals surface area contributed by atoms with Crippen molar-refractivity contribution in [2.75, 3.05) is 24.6 Å². The summed E-state index contributed by atoms with van der Waals surface area (Å²) >= 11 is 5.61. The molecule has 2 nitrogen and oxygen atoms in total. The van der Waals surface area contributed by atoms with Crippen molar-refractivity contribution in [3.05, 3.63) is 29.3 Å². The van der Waals surface area contributed by atoms with Crippen molar-refractivity contribution in [3.8, 4) is 0 Å². The number of hydrogen-bond acceptors (Lipinski definition) is 2. The van der Waals surface area contributed by atoms with Crippen molar-refractivity contribution in [3.63, 3.8) is 0 Å². The van der Waals surface area contributed by atoms with Gasteiger partial charge in [0.1, 0.15) is 0 Å². The molecule has 0 spiro atoms. The van der Waals surface area contributed by atoms with Crippen molar-refractivity contribution in [1.29, 1.82) is 0 Å². The van der Waals surface area contributed by atoms with Crippen LogP contribution in [0.3, 0.4) is 0 Å². The third-order valence-corrected chi connectivity index (χ3v) is 3.41. The Bertz CT molecular complexity index is 450. The van der Waals surface area contributed by atoms with Gasteiger partial charge in [-0.1, -0.05) is 6.07 Å². The largest absolute Gasteiger partial charge is 0.418 e. The number of hydrogen-bond donors (Lipinski definition) is 0. The average molecular weight is 294 g/mol. The topological polar surface area (TPSA) is 12.5 Å². The first-order valence-electron chi connectivity index (χ1n) is 6.04. The van der Waals surface area contributed by atoms with E-state index in [4.69, 9.17) is 16.3 Å². The molecule has 1 unspecified atom stereocenters. The van der Waals surface area contributed by atoms with E-state index >= 15 is 0 Å². The predicted molar refractivity (Wildman–Crippen MR) is 68.6 cm³/mol. The fraction of sp³-hybridized carbons (Fsp3) is 0.538. The summed E-state index contributed by atoms with van der Waals surface area (Å²) in [5, 5.41) is 0. The second kappa shape index (κ2) is 5.59. The van der Waals surface area contributed by atoms with Gasteiger partial charge in [-0.2, -0.15) is 13.2 Å². The molecule has 0 aliphatic carbocycles. The van der Waals surface area contributed by atoms with E-state index in [2.05, 4.69) is 0 Å². The Labute approximate surface area is 115 Å². The summed E-state index contributed by atoms with van der Waals surface area (Å²) in [6, 6.07) is 4.26. The van der Waals surface area contributed by atoms with E-state index < -0.39 is 11.7 Å². The molecule has 6 heteroatoms. The summed E-state index contributed by atoms with van der Waals surface area (Å²) < 4.78 is 44.7. The lowest BCUT2D eigenvalue weighted by atomic mass is 10.1. The molecule has 0 radical (unpaired) electrons. The maximum Gasteiger partial charge on any atom is 0.418 e. The number of rotatable bonds is 2. The molecule has 1 fully saturated rings. The van der Waals surface area contributed by atoms with E-state index in [1.165, 1.54) is 6.07 Å². The van der Waals surface area contributed by atoms with Crippen LogP contribution in [0.4, 0.5) is 18.9 Å². The summed E-state index contributed by atoms with van der Waals surface area (Å²) in [6.07, 6.45) is -4.44. The van der Waals surface area contributed by atoms with E-state index in [1.807, 2.05) is 6.92 Å². The highest BCUT2D eigenvalue weighted by Crippen LogP contribution is 2.38. The molecule has 1 aliphatic rings. The summed E-state index contributed by atoms with van der Waals surface area (Å²) in [7, 11) is 0. The molecule has 2 rings (SSSR count). The smallest absolute Gasteiger partial charge is 0.375 e. The molecule has 1 aliphatic heterocycles. The van der Waals surface area contributed by atoms with E-state index in [9.17, 15) is 13.2 Å². The fourth-order valence-corrected chi connectivity index (χ4v) is 2.37. The van der Waals surface area contributed by atoms with Crippen LogP contribution in [-0.4, -0.2) is 25.8 Å². The number of morpholine rings is 1. The zero-order chi connectivity index (χ0) is 14.0. The van der Waals surface area contributed by atoms with Gasteiger partial charge >= 0.3 is 6.18 Å². The van der Waals surface area contributed by atoms with Gasteiger partial charge in [0.25, 0.3) is 0 Å². The zero-order valence-corrected chi connectivity index (χ0v) is 11.3. The van der Waals surface area contributed by atoms with Crippen molar-refractivity contribution < 1.29 is 17.9 Å². The lowest BCUT2D eigenvalue weighted by molar-refractivity contribution is -0.137. The van der Waals surface area contributed by atoms with Crippen molar-refractivity contribution in [2.24, 2.45) is 0 Å². The summed E-state index contributed by atoms with van der Waals surface area (Å²) in [5.41, 5.74) is 0.0512. The standard InChI is InChI=1S/C13H15ClF3NO/c1-9-8-18(4-5-19-9)12-3-2-10(7-14)6-11(12)13(15,16)17/h2-3,6,9H,4-5,7-8H2,1H3. The van der Waals surface area contributed by atoms with Crippen LogP contribution < -0.4 is 4.90 Å². The Morgan fingerprint density at radius 2 is 2.16 bits per heavy atom. The minimum absolute atomic E-state index is 0.0671. The number of benzene rings is 1. The molecule has 1 aromatic carbocycles. The highest BCUT2D eigenvalue weighted by molar-refractivity contribution is 6.17. The number of halogens is 4. The number of ether oxygens (including phenoxy) is 1. The molecule has 0 N–H and O–H groups in total. The maximum atomic E-state index is 13.1. The van der Waals surface area contributed by atoms with Gasteiger partial charge in [-0.3, -0.25) is 0 Å². The Morgan fingerprint density at radius 3 is 2.74 bits per heavy atom. The van der Waals surface area contributed by atoms with Crippen LogP contribution in [0, 0.1) is 0 Å². The first kappa shape index (κ1) is 14.5. The summed E-state index contributed by atoms with van der Waals surface area (Å²) in [6.45, 7) is 3.22. The summed E-state index contributed by atoms with van der Waals surface area (Å²) in [4.78, 5) is 1.72. The average Bonchev–Trinajstić information content (AvgIpc) is 2.37. The number of nitrogens with zero attached hydrogens (tertiary/aromatic N) is 1. The molecule has 1 saturated heterocycles. The zero-order valence-electron chi connectivity index (χ0n) is 10.5. The van der Waals surface area contributed by atoms with Crippen LogP contribution in [0.2, 0.25) is 0 Å². The molecule has 106 valence electrons. The monoisotopic (exact) mass is 293 g/mol. The Morgan fingerprint density at radius 1 is 1.42 bits per heavy atom. The number of anilines is 1. The molecule has 19 heavy (non-hydrogen) atoms. The van der Waals surface area contributed by atoms with Gasteiger partial charge in [0.15, 0.2) is 0 Å². The minimum atomic E-state index is -4.38. The first-order chi connectivity index (χ1) is 8.91. The van der Waals surface area contributed by atoms with Crippen LogP contribution in [0.25, 0.3) is 0 Å². The van der Waals surface area contributed by atoms with E-state index in [1.54, 1.807) is 11.0 Å². The van der Waals surface area contributed by atoms with Crippen LogP contribution in [0.5, 0.6) is 0 Å². The van der Waals surface area contributed by atoms with E-state index in [0.717, 1.165) is 6.07 Å². The Balaban J connectivity index is 2.38. The fourth-order valence-electron chi connectivity index (χ4n) is 2.21. The van der Waals surface area contributed by atoms with Gasteiger partial charge < -0.3 is 9.64 Å². The number of alkyl halides is 4. The molecule has 0 bridgehead atoms. The lowest BCUT2D eigenvalue weighted by Gasteiger charge is -2.34. The van der Waals surface area contributed by atoms with Gasteiger partial charge in [0, 0.05) is 24.7 Å². The lowest BCUT2D eigenvalue weighted by Crippen LogP contribution is -2.42. The third-order valence-electron chi connectivity index (χ3n) is 3.10. The van der Waals surface area contributed by atoms with Gasteiger partial charge in [-0.15, -0.1) is 11.6 Å². The SMILES string of the molecule is CC1CN(c2ccc(CCl)cc2C(F)(F)F)CCO1. The minimum Gasteiger partial charge on any atom is -0.375 e. The van der Waals surface area contributed by atoms with Crippen LogP contribution in [0.15, 0.2) is 18.2 Å². The van der Waals surface area contributed by atoms with Crippen molar-refractivity contribution in [1.82, 2.24) is 0 Å². The normalized spacial score (nSPS) is 20.7. The third kappa shape index (κ3) is 3.34. The Kier molecular flexibility index (Phi) is 4.26. The maximum absolute atomic E-state index is 13.1. The van der Waals surface area contributed by atoms with Crippen LogP contribution in [-0.2, 0) is 16.8 Å². The molecule has 0 amide bonds. The molecular weight excluding hydrogens is 279 g/mol. The predicted octanol–water partition coefficient (Wildman–Crippen LogP) is 3.67. The highest BCUT2D eigenvalue weighted by atomic mass is 35.5. The van der Waals surface area contributed by atoms with Crippen LogP contribution in [0.1, 0.15) is 18.1 Å². The first-order valence-corrected chi connectivity index (χ1v) is 6.58. The molecule has 0 aromatic heterocycles. The quantitative estimate of drug-likeness (QED) is 0.772. The van der Waals surface area contributed by atoms with Crippen molar-refractivity contribution >= 4 is 17.3 Å². The second-order valence-electron chi connectivity index (χ2n) is 4.61. The van der Waals surface area contributed by atoms with Gasteiger partial charge in [0.2, 0.25) is 0 Å². The Hall–Kier alpha value is -0.940. The molecule has 1 heterocycles. The van der Waals surface area contributed by atoms with Crippen molar-refractivity contribution in [2.45, 2.75) is 25.1 Å². The molecule has 1 aromatic rings. The van der Waals surface area contributed by atoms with Crippen LogP contribution >= 0.6 is 11.6 Å². The molecular formula is C13H15ClF3NO. The molecule has 0 saturated carbocycles. The second-order valence-corrected chi connectivity index (χ2v) is 4.88. The highest BCUT2D eigenvalue weighted by Gasteiger charge is 2.35. The van der Waals surface area contributed by atoms with E-state index in [0.29, 0.717) is 25.3 Å². The van der Waals surface area contributed by atoms with E-state index in [-0.39, 0.29) is 17.7 Å². The van der Waals surface area contributed by atoms with Gasteiger partial charge in [-0.05, 0) is 24.6 Å². The van der Waals surface area contributed by atoms with Gasteiger partial charge in [0.05, 0.1) is 18.3 Å². The molecule has 1 atom stereocenters. The summed E-state index contributed by atoms with van der Waals surface area (Å²) in [5.74, 6) is 0.0723. The van der Waals surface area contributed by atoms with Gasteiger partial charge in [-0.25, -0.2) is 0 Å².